The van der Waals surface area contributed by atoms with Crippen molar-refractivity contribution in [3.05, 3.63) is 42.0 Å². The average molecular weight is 227 g/mol. The molecule has 0 spiro atoms. The molecule has 2 rings (SSSR count). The van der Waals surface area contributed by atoms with Gasteiger partial charge in [0.05, 0.1) is 0 Å². The highest BCUT2D eigenvalue weighted by atomic mass is 35.5. The van der Waals surface area contributed by atoms with Gasteiger partial charge in [-0.05, 0) is 42.1 Å². The number of rotatable bonds is 2. The van der Waals surface area contributed by atoms with Gasteiger partial charge in [0.2, 0.25) is 0 Å². The summed E-state index contributed by atoms with van der Waals surface area (Å²) in [7, 11) is 0. The Morgan fingerprint density at radius 3 is 2.80 bits per heavy atom. The van der Waals surface area contributed by atoms with Crippen LogP contribution in [0.25, 0.3) is 10.8 Å². The Kier molecular flexibility index (Phi) is 4.00. The summed E-state index contributed by atoms with van der Waals surface area (Å²) in [6.07, 6.45) is 3.95. The van der Waals surface area contributed by atoms with E-state index in [4.69, 9.17) is 5.73 Å². The smallest absolute Gasteiger partial charge is 0.127 e. The summed E-state index contributed by atoms with van der Waals surface area (Å²) in [6, 6.07) is 5.14. The van der Waals surface area contributed by atoms with Crippen molar-refractivity contribution in [2.75, 3.05) is 6.54 Å². The largest absolute Gasteiger partial charge is 0.330 e. The monoisotopic (exact) mass is 226 g/mol. The van der Waals surface area contributed by atoms with Crippen molar-refractivity contribution in [2.45, 2.75) is 6.42 Å². The Balaban J connectivity index is 0.00000112. The van der Waals surface area contributed by atoms with E-state index in [0.717, 1.165) is 10.8 Å². The lowest BCUT2D eigenvalue weighted by Gasteiger charge is -2.03. The van der Waals surface area contributed by atoms with E-state index in [1.165, 1.54) is 6.07 Å². The molecule has 0 radical (unpaired) electrons. The molecule has 0 saturated carbocycles. The summed E-state index contributed by atoms with van der Waals surface area (Å²) in [4.78, 5) is 3.99. The molecule has 0 fully saturated rings. The van der Waals surface area contributed by atoms with E-state index < -0.39 is 0 Å². The third kappa shape index (κ3) is 2.43. The second kappa shape index (κ2) is 5.05. The lowest BCUT2D eigenvalue weighted by Crippen LogP contribution is -2.04. The highest BCUT2D eigenvalue weighted by molar-refractivity contribution is 5.85. The molecule has 2 aromatic rings. The van der Waals surface area contributed by atoms with Crippen LogP contribution in [0.5, 0.6) is 0 Å². The maximum Gasteiger partial charge on any atom is 0.127 e. The molecule has 1 aromatic heterocycles. The molecule has 0 aliphatic rings. The van der Waals surface area contributed by atoms with E-state index in [2.05, 4.69) is 4.98 Å². The molecule has 0 unspecified atom stereocenters. The number of nitrogens with zero attached hydrogens (tertiary/aromatic N) is 1. The van der Waals surface area contributed by atoms with E-state index in [1.807, 2.05) is 6.07 Å². The minimum absolute atomic E-state index is 0. The minimum Gasteiger partial charge on any atom is -0.330 e. The van der Waals surface area contributed by atoms with Crippen LogP contribution in [0.4, 0.5) is 4.39 Å². The average Bonchev–Trinajstić information content (AvgIpc) is 2.19. The molecule has 2 nitrogen and oxygen atoms in total. The first-order chi connectivity index (χ1) is 6.81. The zero-order valence-electron chi connectivity index (χ0n) is 8.11. The third-order valence-corrected chi connectivity index (χ3v) is 2.22. The van der Waals surface area contributed by atoms with Gasteiger partial charge in [0, 0.05) is 17.8 Å². The van der Waals surface area contributed by atoms with Gasteiger partial charge < -0.3 is 5.73 Å². The van der Waals surface area contributed by atoms with Gasteiger partial charge in [-0.25, -0.2) is 4.39 Å². The highest BCUT2D eigenvalue weighted by Gasteiger charge is 2.03. The first kappa shape index (κ1) is 11.9. The number of nitrogens with two attached hydrogens (primary N) is 1. The van der Waals surface area contributed by atoms with E-state index in [1.54, 1.807) is 18.5 Å². The normalized spacial score (nSPS) is 10.0. The minimum atomic E-state index is -0.186. The molecule has 0 aliphatic carbocycles. The van der Waals surface area contributed by atoms with Crippen LogP contribution in [-0.4, -0.2) is 11.5 Å². The summed E-state index contributed by atoms with van der Waals surface area (Å²) in [6.45, 7) is 0.461. The lowest BCUT2D eigenvalue weighted by atomic mass is 10.1. The van der Waals surface area contributed by atoms with Crippen molar-refractivity contribution in [1.82, 2.24) is 4.98 Å². The summed E-state index contributed by atoms with van der Waals surface area (Å²) < 4.78 is 13.4. The molecule has 15 heavy (non-hydrogen) atoms. The van der Waals surface area contributed by atoms with E-state index in [-0.39, 0.29) is 18.2 Å². The molecular formula is C11H12ClFN2. The first-order valence-electron chi connectivity index (χ1n) is 4.53. The van der Waals surface area contributed by atoms with Gasteiger partial charge in [-0.15, -0.1) is 12.4 Å². The quantitative estimate of drug-likeness (QED) is 0.854. The number of benzene rings is 1. The predicted octanol–water partition coefficient (Wildman–Crippen LogP) is 2.30. The van der Waals surface area contributed by atoms with Crippen LogP contribution in [0.3, 0.4) is 0 Å². The number of fused-ring (bicyclic) bond motifs is 1. The molecule has 80 valence electrons. The van der Waals surface area contributed by atoms with Crippen LogP contribution in [0.1, 0.15) is 5.56 Å². The number of hydrogen-bond acceptors (Lipinski definition) is 2. The van der Waals surface area contributed by atoms with Crippen molar-refractivity contribution in [3.63, 3.8) is 0 Å². The van der Waals surface area contributed by atoms with Gasteiger partial charge in [-0.3, -0.25) is 4.98 Å². The van der Waals surface area contributed by atoms with Crippen LogP contribution in [-0.2, 0) is 6.42 Å². The molecule has 2 N–H and O–H groups in total. The maximum atomic E-state index is 13.4. The molecule has 0 bridgehead atoms. The van der Waals surface area contributed by atoms with Crippen molar-refractivity contribution in [2.24, 2.45) is 5.73 Å². The second-order valence-electron chi connectivity index (χ2n) is 3.21. The molecule has 0 saturated heterocycles. The zero-order chi connectivity index (χ0) is 9.97. The van der Waals surface area contributed by atoms with Crippen molar-refractivity contribution in [1.29, 1.82) is 0 Å². The van der Waals surface area contributed by atoms with E-state index in [9.17, 15) is 4.39 Å². The van der Waals surface area contributed by atoms with Gasteiger partial charge in [-0.1, -0.05) is 0 Å². The topological polar surface area (TPSA) is 38.9 Å². The maximum absolute atomic E-state index is 13.4. The fourth-order valence-electron chi connectivity index (χ4n) is 1.50. The van der Waals surface area contributed by atoms with Gasteiger partial charge in [0.1, 0.15) is 5.82 Å². The highest BCUT2D eigenvalue weighted by Crippen LogP contribution is 2.18. The number of pyridine rings is 1. The number of halogens is 2. The van der Waals surface area contributed by atoms with Gasteiger partial charge in [-0.2, -0.15) is 0 Å². The van der Waals surface area contributed by atoms with Gasteiger partial charge in [0.25, 0.3) is 0 Å². The molecule has 0 amide bonds. The number of hydrogen-bond donors (Lipinski definition) is 1. The van der Waals surface area contributed by atoms with Crippen molar-refractivity contribution < 1.29 is 4.39 Å². The SMILES string of the molecule is Cl.NCCc1cc2cnccc2cc1F. The summed E-state index contributed by atoms with van der Waals surface area (Å²) >= 11 is 0. The van der Waals surface area contributed by atoms with Gasteiger partial charge >= 0.3 is 0 Å². The molecular weight excluding hydrogens is 215 g/mol. The Bertz CT molecular complexity index is 459. The predicted molar refractivity (Wildman–Crippen MR) is 61.7 cm³/mol. The number of aromatic nitrogens is 1. The standard InChI is InChI=1S/C11H11FN2.ClH/c12-11-6-8-2-4-14-7-10(8)5-9(11)1-3-13;/h2,4-7H,1,3,13H2;1H. The summed E-state index contributed by atoms with van der Waals surface area (Å²) in [5.74, 6) is -0.186. The molecule has 1 aromatic carbocycles. The summed E-state index contributed by atoms with van der Waals surface area (Å²) in [5.41, 5.74) is 6.05. The second-order valence-corrected chi connectivity index (χ2v) is 3.21. The fraction of sp³-hybridized carbons (Fsp3) is 0.182. The Hall–Kier alpha value is -1.19. The van der Waals surface area contributed by atoms with Crippen LogP contribution in [0, 0.1) is 5.82 Å². The van der Waals surface area contributed by atoms with E-state index >= 15 is 0 Å². The zero-order valence-corrected chi connectivity index (χ0v) is 8.93. The lowest BCUT2D eigenvalue weighted by molar-refractivity contribution is 0.611. The Morgan fingerprint density at radius 1 is 1.27 bits per heavy atom. The first-order valence-corrected chi connectivity index (χ1v) is 4.53. The van der Waals surface area contributed by atoms with Crippen LogP contribution in [0.15, 0.2) is 30.6 Å². The van der Waals surface area contributed by atoms with E-state index in [0.29, 0.717) is 18.5 Å². The molecule has 0 atom stereocenters. The molecule has 4 heteroatoms. The molecule has 1 heterocycles. The van der Waals surface area contributed by atoms with Crippen LogP contribution in [0.2, 0.25) is 0 Å². The Labute approximate surface area is 93.7 Å². The van der Waals surface area contributed by atoms with Crippen LogP contribution >= 0.6 is 12.4 Å². The third-order valence-electron chi connectivity index (χ3n) is 2.22. The van der Waals surface area contributed by atoms with Crippen molar-refractivity contribution in [3.8, 4) is 0 Å². The van der Waals surface area contributed by atoms with Crippen LogP contribution < -0.4 is 5.73 Å². The summed E-state index contributed by atoms with van der Waals surface area (Å²) in [5, 5.41) is 1.83. The fourth-order valence-corrected chi connectivity index (χ4v) is 1.50. The molecule has 0 aliphatic heterocycles. The van der Waals surface area contributed by atoms with Gasteiger partial charge in [0.15, 0.2) is 0 Å². The van der Waals surface area contributed by atoms with Crippen molar-refractivity contribution >= 4 is 23.2 Å². The Morgan fingerprint density at radius 2 is 2.07 bits per heavy atom.